The number of carbonyl (C=O) groups is 1. The molecule has 1 amide bonds. The second kappa shape index (κ2) is 8.70. The lowest BCUT2D eigenvalue weighted by molar-refractivity contribution is 0.0946. The zero-order valence-electron chi connectivity index (χ0n) is 18.6. The van der Waals surface area contributed by atoms with Crippen molar-refractivity contribution in [1.82, 2.24) is 30.2 Å². The fraction of sp³-hybridized carbons (Fsp3) is 0.120. The van der Waals surface area contributed by atoms with Crippen LogP contribution in [0.15, 0.2) is 65.5 Å². The molecule has 1 aromatic carbocycles. The molecule has 9 heteroatoms. The molecule has 0 spiro atoms. The highest BCUT2D eigenvalue weighted by Gasteiger charge is 2.22. The largest absolute Gasteiger partial charge is 0.443 e. The first-order valence-electron chi connectivity index (χ1n) is 10.6. The third-order valence-electron chi connectivity index (χ3n) is 5.23. The number of nitrogens with two attached hydrogens (primary N) is 1. The van der Waals surface area contributed by atoms with Crippen molar-refractivity contribution in [3.8, 4) is 22.8 Å². The number of hydrogen-bond acceptors (Lipinski definition) is 8. The van der Waals surface area contributed by atoms with Crippen molar-refractivity contribution >= 4 is 22.6 Å². The summed E-state index contributed by atoms with van der Waals surface area (Å²) in [6.07, 6.45) is 4.69. The molecule has 0 fully saturated rings. The summed E-state index contributed by atoms with van der Waals surface area (Å²) in [7, 11) is 0. The molecule has 0 saturated carbocycles. The number of pyridine rings is 2. The minimum Gasteiger partial charge on any atom is -0.443 e. The molecule has 0 radical (unpaired) electrons. The van der Waals surface area contributed by atoms with Gasteiger partial charge in [0.2, 0.25) is 5.89 Å². The van der Waals surface area contributed by atoms with E-state index >= 15 is 0 Å². The predicted octanol–water partition coefficient (Wildman–Crippen LogP) is 3.87. The van der Waals surface area contributed by atoms with E-state index in [1.165, 1.54) is 12.5 Å². The van der Waals surface area contributed by atoms with E-state index < -0.39 is 5.91 Å². The number of nitrogen functional groups attached to an aromatic ring is 1. The average molecular weight is 451 g/mol. The predicted molar refractivity (Wildman–Crippen MR) is 128 cm³/mol. The Balaban J connectivity index is 1.55. The zero-order chi connectivity index (χ0) is 23.7. The molecule has 34 heavy (non-hydrogen) atoms. The van der Waals surface area contributed by atoms with Crippen LogP contribution in [0.2, 0.25) is 0 Å². The molecular formula is C25H21N7O2. The molecule has 9 nitrogen and oxygen atoms in total. The number of rotatable bonds is 5. The number of oxazole rings is 1. The van der Waals surface area contributed by atoms with Crippen LogP contribution in [0.4, 0.5) is 5.82 Å². The van der Waals surface area contributed by atoms with Gasteiger partial charge in [-0.3, -0.25) is 14.8 Å². The van der Waals surface area contributed by atoms with Crippen LogP contribution in [-0.2, 0) is 6.54 Å². The highest BCUT2D eigenvalue weighted by molar-refractivity contribution is 5.98. The Morgan fingerprint density at radius 1 is 1.00 bits per heavy atom. The summed E-state index contributed by atoms with van der Waals surface area (Å²) in [6.45, 7) is 4.13. The van der Waals surface area contributed by atoms with Gasteiger partial charge < -0.3 is 15.5 Å². The number of aryl methyl sites for hydroxylation is 2. The molecule has 0 aliphatic carbocycles. The van der Waals surface area contributed by atoms with E-state index in [0.29, 0.717) is 11.4 Å². The van der Waals surface area contributed by atoms with Crippen LogP contribution in [-0.4, -0.2) is 30.8 Å². The number of hydrogen-bond donors (Lipinski definition) is 2. The molecule has 0 saturated heterocycles. The SMILES string of the molecule is Cc1cc(C)nc(CNC(=O)c2nc(-c3ccc4ncccc4c3)c(-c3ncco3)nc2N)c1. The monoisotopic (exact) mass is 451 g/mol. The van der Waals surface area contributed by atoms with Gasteiger partial charge in [-0.25, -0.2) is 15.0 Å². The number of anilines is 1. The summed E-state index contributed by atoms with van der Waals surface area (Å²) in [5.74, 6) is -0.217. The maximum atomic E-state index is 13.0. The highest BCUT2D eigenvalue weighted by atomic mass is 16.3. The third-order valence-corrected chi connectivity index (χ3v) is 5.23. The number of benzene rings is 1. The number of fused-ring (bicyclic) bond motifs is 1. The van der Waals surface area contributed by atoms with Crippen molar-refractivity contribution in [3.05, 3.63) is 83.8 Å². The molecule has 168 valence electrons. The molecule has 0 aliphatic heterocycles. The topological polar surface area (TPSA) is 133 Å². The van der Waals surface area contributed by atoms with E-state index in [1.807, 2.05) is 56.3 Å². The Morgan fingerprint density at radius 2 is 1.88 bits per heavy atom. The van der Waals surface area contributed by atoms with E-state index in [2.05, 4.69) is 30.2 Å². The van der Waals surface area contributed by atoms with E-state index in [-0.39, 0.29) is 23.9 Å². The van der Waals surface area contributed by atoms with E-state index in [1.54, 1.807) is 6.20 Å². The molecule has 5 aromatic rings. The van der Waals surface area contributed by atoms with Crippen molar-refractivity contribution in [1.29, 1.82) is 0 Å². The second-order valence-corrected chi connectivity index (χ2v) is 7.86. The average Bonchev–Trinajstić information content (AvgIpc) is 3.36. The fourth-order valence-electron chi connectivity index (χ4n) is 3.80. The Bertz CT molecular complexity index is 1490. The number of nitrogens with one attached hydrogen (secondary N) is 1. The first kappa shape index (κ1) is 21.2. The first-order chi connectivity index (χ1) is 16.5. The summed E-state index contributed by atoms with van der Waals surface area (Å²) in [5, 5.41) is 3.76. The van der Waals surface area contributed by atoms with Gasteiger partial charge in [0.15, 0.2) is 17.2 Å². The summed E-state index contributed by atoms with van der Waals surface area (Å²) >= 11 is 0. The normalized spacial score (nSPS) is 11.0. The van der Waals surface area contributed by atoms with Gasteiger partial charge in [0, 0.05) is 22.8 Å². The van der Waals surface area contributed by atoms with Crippen molar-refractivity contribution in [2.45, 2.75) is 20.4 Å². The molecular weight excluding hydrogens is 430 g/mol. The first-order valence-corrected chi connectivity index (χ1v) is 10.6. The summed E-state index contributed by atoms with van der Waals surface area (Å²) in [6, 6.07) is 13.4. The van der Waals surface area contributed by atoms with Gasteiger partial charge in [-0.2, -0.15) is 0 Å². The number of amides is 1. The van der Waals surface area contributed by atoms with Gasteiger partial charge in [-0.05, 0) is 49.7 Å². The lowest BCUT2D eigenvalue weighted by atomic mass is 10.1. The molecule has 4 heterocycles. The lowest BCUT2D eigenvalue weighted by Gasteiger charge is -2.12. The van der Waals surface area contributed by atoms with Crippen LogP contribution in [0.3, 0.4) is 0 Å². The van der Waals surface area contributed by atoms with Crippen LogP contribution in [0.5, 0.6) is 0 Å². The standard InChI is InChI=1S/C25H21N7O2/c1-14-10-15(2)30-18(11-14)13-29-24(33)22-23(26)32-21(25-28-8-9-34-25)20(31-22)17-5-6-19-16(12-17)4-3-7-27-19/h3-12H,13H2,1-2H3,(H2,26,32)(H,29,33). The van der Waals surface area contributed by atoms with E-state index in [9.17, 15) is 4.79 Å². The second-order valence-electron chi connectivity index (χ2n) is 7.86. The number of aromatic nitrogens is 5. The van der Waals surface area contributed by atoms with Crippen LogP contribution in [0, 0.1) is 13.8 Å². The third kappa shape index (κ3) is 4.18. The van der Waals surface area contributed by atoms with Crippen LogP contribution >= 0.6 is 0 Å². The molecule has 4 aromatic heterocycles. The van der Waals surface area contributed by atoms with Gasteiger partial charge in [0.05, 0.1) is 24.0 Å². The summed E-state index contributed by atoms with van der Waals surface area (Å²) in [5.41, 5.74) is 11.2. The Morgan fingerprint density at radius 3 is 2.68 bits per heavy atom. The molecule has 5 rings (SSSR count). The number of nitrogens with zero attached hydrogens (tertiary/aromatic N) is 5. The van der Waals surface area contributed by atoms with Crippen molar-refractivity contribution in [2.75, 3.05) is 5.73 Å². The molecule has 0 unspecified atom stereocenters. The Labute approximate surface area is 195 Å². The van der Waals surface area contributed by atoms with Crippen molar-refractivity contribution in [2.24, 2.45) is 0 Å². The Kier molecular flexibility index (Phi) is 5.43. The molecule has 0 atom stereocenters. The van der Waals surface area contributed by atoms with Crippen LogP contribution < -0.4 is 11.1 Å². The maximum Gasteiger partial charge on any atom is 0.274 e. The zero-order valence-corrected chi connectivity index (χ0v) is 18.6. The van der Waals surface area contributed by atoms with E-state index in [0.717, 1.165) is 33.4 Å². The fourth-order valence-corrected chi connectivity index (χ4v) is 3.80. The molecule has 3 N–H and O–H groups in total. The smallest absolute Gasteiger partial charge is 0.274 e. The van der Waals surface area contributed by atoms with Gasteiger partial charge in [-0.15, -0.1) is 0 Å². The summed E-state index contributed by atoms with van der Waals surface area (Å²) < 4.78 is 5.46. The van der Waals surface area contributed by atoms with Gasteiger partial charge in [0.1, 0.15) is 12.0 Å². The van der Waals surface area contributed by atoms with E-state index in [4.69, 9.17) is 10.2 Å². The van der Waals surface area contributed by atoms with Gasteiger partial charge in [-0.1, -0.05) is 12.1 Å². The minimum absolute atomic E-state index is 0.0148. The molecule has 0 aliphatic rings. The van der Waals surface area contributed by atoms with Gasteiger partial charge >= 0.3 is 0 Å². The summed E-state index contributed by atoms with van der Waals surface area (Å²) in [4.78, 5) is 35.1. The van der Waals surface area contributed by atoms with Gasteiger partial charge in [0.25, 0.3) is 5.91 Å². The van der Waals surface area contributed by atoms with Crippen LogP contribution in [0.1, 0.15) is 27.4 Å². The van der Waals surface area contributed by atoms with Crippen LogP contribution in [0.25, 0.3) is 33.7 Å². The van der Waals surface area contributed by atoms with Crippen molar-refractivity contribution in [3.63, 3.8) is 0 Å². The lowest BCUT2D eigenvalue weighted by Crippen LogP contribution is -2.26. The maximum absolute atomic E-state index is 13.0. The molecule has 0 bridgehead atoms. The minimum atomic E-state index is -0.450. The van der Waals surface area contributed by atoms with Crippen molar-refractivity contribution < 1.29 is 9.21 Å². The quantitative estimate of drug-likeness (QED) is 0.411. The number of carbonyl (C=O) groups excluding carboxylic acids is 1. The Hall–Kier alpha value is -4.66. The highest BCUT2D eigenvalue weighted by Crippen LogP contribution is 2.31.